The zero-order chi connectivity index (χ0) is 19.1. The number of carbonyl (C=O) groups is 1. The van der Waals surface area contributed by atoms with Crippen molar-refractivity contribution in [3.8, 4) is 5.75 Å². The van der Waals surface area contributed by atoms with E-state index in [0.29, 0.717) is 13.2 Å². The van der Waals surface area contributed by atoms with Gasteiger partial charge in [-0.15, -0.1) is 6.58 Å². The van der Waals surface area contributed by atoms with Crippen LogP contribution >= 0.6 is 0 Å². The summed E-state index contributed by atoms with van der Waals surface area (Å²) >= 11 is 0. The van der Waals surface area contributed by atoms with Crippen molar-refractivity contribution in [2.24, 2.45) is 5.16 Å². The lowest BCUT2D eigenvalue weighted by atomic mass is 10.2. The third-order valence-electron chi connectivity index (χ3n) is 3.91. The van der Waals surface area contributed by atoms with Gasteiger partial charge in [-0.3, -0.25) is 0 Å². The number of benzene rings is 2. The Labute approximate surface area is 156 Å². The van der Waals surface area contributed by atoms with Crippen LogP contribution in [0.2, 0.25) is 0 Å². The second-order valence-corrected chi connectivity index (χ2v) is 5.88. The number of ether oxygens (including phenoxy) is 1. The highest BCUT2D eigenvalue weighted by Crippen LogP contribution is 2.26. The second kappa shape index (κ2) is 8.71. The molecule has 0 fully saturated rings. The summed E-state index contributed by atoms with van der Waals surface area (Å²) in [5.41, 5.74) is 2.90. The van der Waals surface area contributed by atoms with Crippen molar-refractivity contribution >= 4 is 23.1 Å². The number of carboxylic acids is 1. The van der Waals surface area contributed by atoms with E-state index in [0.717, 1.165) is 27.8 Å². The predicted octanol–water partition coefficient (Wildman–Crippen LogP) is 3.84. The molecule has 6 nitrogen and oxygen atoms in total. The van der Waals surface area contributed by atoms with Gasteiger partial charge in [-0.05, 0) is 23.8 Å². The molecule has 2 aromatic carbocycles. The number of hydrogen-bond donors (Lipinski definition) is 1. The maximum atomic E-state index is 10.5. The second-order valence-electron chi connectivity index (χ2n) is 5.88. The van der Waals surface area contributed by atoms with Crippen molar-refractivity contribution in [3.05, 3.63) is 78.5 Å². The van der Waals surface area contributed by atoms with E-state index in [2.05, 4.69) is 11.7 Å². The fourth-order valence-electron chi connectivity index (χ4n) is 2.71. The van der Waals surface area contributed by atoms with Crippen molar-refractivity contribution < 1.29 is 19.5 Å². The third kappa shape index (κ3) is 4.76. The van der Waals surface area contributed by atoms with E-state index in [1.54, 1.807) is 6.08 Å². The molecule has 3 rings (SSSR count). The molecular weight excluding hydrogens is 344 g/mol. The Kier molecular flexibility index (Phi) is 5.89. The topological polar surface area (TPSA) is 73.1 Å². The zero-order valence-electron chi connectivity index (χ0n) is 14.7. The quantitative estimate of drug-likeness (QED) is 0.356. The van der Waals surface area contributed by atoms with Gasteiger partial charge in [0.05, 0.1) is 6.21 Å². The fourth-order valence-corrected chi connectivity index (χ4v) is 2.71. The van der Waals surface area contributed by atoms with Gasteiger partial charge in [-0.2, -0.15) is 0 Å². The Morgan fingerprint density at radius 1 is 1.22 bits per heavy atom. The van der Waals surface area contributed by atoms with Gasteiger partial charge in [0.15, 0.2) is 0 Å². The summed E-state index contributed by atoms with van der Waals surface area (Å²) in [5, 5.41) is 13.3. The van der Waals surface area contributed by atoms with Crippen molar-refractivity contribution in [2.75, 3.05) is 6.61 Å². The van der Waals surface area contributed by atoms with E-state index >= 15 is 0 Å². The Bertz CT molecular complexity index is 961. The average Bonchev–Trinajstić information content (AvgIpc) is 3.02. The minimum absolute atomic E-state index is 0.477. The van der Waals surface area contributed by atoms with Crippen LogP contribution in [0.5, 0.6) is 5.75 Å². The molecular formula is C21H20N2O4. The summed E-state index contributed by atoms with van der Waals surface area (Å²) in [6.45, 7) is 4.42. The first kappa shape index (κ1) is 18.3. The summed E-state index contributed by atoms with van der Waals surface area (Å²) in [6, 6.07) is 15.8. The summed E-state index contributed by atoms with van der Waals surface area (Å²) in [5.74, 6) is -0.332. The monoisotopic (exact) mass is 364 g/mol. The lowest BCUT2D eigenvalue weighted by molar-refractivity contribution is -0.142. The number of oxime groups is 1. The normalized spacial score (nSPS) is 11.0. The predicted molar refractivity (Wildman–Crippen MR) is 104 cm³/mol. The minimum Gasteiger partial charge on any atom is -0.489 e. The number of aliphatic carboxylic acids is 1. The van der Waals surface area contributed by atoms with Gasteiger partial charge < -0.3 is 19.2 Å². The summed E-state index contributed by atoms with van der Waals surface area (Å²) in [7, 11) is 0. The van der Waals surface area contributed by atoms with Crippen LogP contribution in [0, 0.1) is 0 Å². The molecule has 0 aliphatic rings. The molecule has 0 bridgehead atoms. The van der Waals surface area contributed by atoms with Crippen molar-refractivity contribution in [3.63, 3.8) is 0 Å². The van der Waals surface area contributed by atoms with E-state index in [1.807, 2.05) is 59.3 Å². The van der Waals surface area contributed by atoms with Gasteiger partial charge in [-0.1, -0.05) is 41.6 Å². The molecule has 0 spiro atoms. The minimum atomic E-state index is -1.07. The average molecular weight is 364 g/mol. The summed E-state index contributed by atoms with van der Waals surface area (Å²) < 4.78 is 7.93. The number of hydrogen-bond acceptors (Lipinski definition) is 4. The molecule has 0 aliphatic heterocycles. The van der Waals surface area contributed by atoms with E-state index < -0.39 is 12.6 Å². The van der Waals surface area contributed by atoms with E-state index in [-0.39, 0.29) is 0 Å². The van der Waals surface area contributed by atoms with Crippen LogP contribution in [-0.2, 0) is 22.8 Å². The van der Waals surface area contributed by atoms with Crippen LogP contribution in [0.1, 0.15) is 11.1 Å². The molecule has 1 N–H and O–H groups in total. The van der Waals surface area contributed by atoms with Gasteiger partial charge in [0, 0.05) is 29.2 Å². The number of fused-ring (bicyclic) bond motifs is 1. The molecule has 1 aromatic heterocycles. The largest absolute Gasteiger partial charge is 0.489 e. The lowest BCUT2D eigenvalue weighted by Gasteiger charge is -2.07. The molecule has 0 unspecified atom stereocenters. The number of rotatable bonds is 9. The van der Waals surface area contributed by atoms with Crippen LogP contribution in [0.4, 0.5) is 0 Å². The molecule has 0 saturated carbocycles. The highest BCUT2D eigenvalue weighted by Gasteiger charge is 2.09. The number of aromatic nitrogens is 1. The Morgan fingerprint density at radius 3 is 2.78 bits per heavy atom. The van der Waals surface area contributed by atoms with Gasteiger partial charge in [0.1, 0.15) is 12.4 Å². The molecule has 138 valence electrons. The van der Waals surface area contributed by atoms with Gasteiger partial charge in [-0.25, -0.2) is 4.79 Å². The van der Waals surface area contributed by atoms with E-state index in [1.165, 1.54) is 6.21 Å². The molecule has 0 radical (unpaired) electrons. The van der Waals surface area contributed by atoms with E-state index in [4.69, 9.17) is 14.7 Å². The molecule has 27 heavy (non-hydrogen) atoms. The maximum absolute atomic E-state index is 10.5. The zero-order valence-corrected chi connectivity index (χ0v) is 14.7. The van der Waals surface area contributed by atoms with Gasteiger partial charge in [0.2, 0.25) is 6.61 Å². The van der Waals surface area contributed by atoms with Crippen LogP contribution < -0.4 is 4.74 Å². The Morgan fingerprint density at radius 2 is 2.04 bits per heavy atom. The summed E-state index contributed by atoms with van der Waals surface area (Å²) in [4.78, 5) is 15.3. The first-order chi connectivity index (χ1) is 13.2. The molecule has 1 heterocycles. The van der Waals surface area contributed by atoms with Crippen molar-refractivity contribution in [1.82, 2.24) is 4.57 Å². The maximum Gasteiger partial charge on any atom is 0.344 e. The molecule has 6 heteroatoms. The number of nitrogens with zero attached hydrogens (tertiary/aromatic N) is 2. The fraction of sp³-hybridized carbons (Fsp3) is 0.143. The first-order valence-corrected chi connectivity index (χ1v) is 8.45. The van der Waals surface area contributed by atoms with E-state index in [9.17, 15) is 4.79 Å². The van der Waals surface area contributed by atoms with Crippen molar-refractivity contribution in [2.45, 2.75) is 13.2 Å². The molecule has 3 aromatic rings. The smallest absolute Gasteiger partial charge is 0.344 e. The van der Waals surface area contributed by atoms with Crippen molar-refractivity contribution in [1.29, 1.82) is 0 Å². The SMILES string of the molecule is C=CCn1cc(C=NOCC(=O)O)c2cc(OCc3ccccc3)ccc21. The molecule has 0 aliphatic carbocycles. The first-order valence-electron chi connectivity index (χ1n) is 8.45. The molecule has 0 saturated heterocycles. The van der Waals surface area contributed by atoms with Crippen LogP contribution in [0.15, 0.2) is 72.5 Å². The third-order valence-corrected chi connectivity index (χ3v) is 3.91. The van der Waals surface area contributed by atoms with Gasteiger partial charge in [0.25, 0.3) is 0 Å². The highest BCUT2D eigenvalue weighted by molar-refractivity contribution is 6.00. The summed E-state index contributed by atoms with van der Waals surface area (Å²) in [6.07, 6.45) is 5.23. The molecule has 0 amide bonds. The van der Waals surface area contributed by atoms with Crippen LogP contribution in [0.3, 0.4) is 0 Å². The molecule has 0 atom stereocenters. The Balaban J connectivity index is 1.84. The number of allylic oxidation sites excluding steroid dienone is 1. The Hall–Kier alpha value is -3.54. The standard InChI is InChI=1S/C21H20N2O4/c1-2-10-23-13-17(12-22-27-15-21(24)25)19-11-18(8-9-20(19)23)26-14-16-6-4-3-5-7-16/h2-9,11-13H,1,10,14-15H2,(H,24,25). The lowest BCUT2D eigenvalue weighted by Crippen LogP contribution is -2.03. The highest BCUT2D eigenvalue weighted by atomic mass is 16.6. The van der Waals surface area contributed by atoms with Crippen LogP contribution in [0.25, 0.3) is 10.9 Å². The van der Waals surface area contributed by atoms with Crippen LogP contribution in [-0.4, -0.2) is 28.5 Å². The van der Waals surface area contributed by atoms with Gasteiger partial charge >= 0.3 is 5.97 Å². The number of carboxylic acid groups (broad SMARTS) is 1.